The van der Waals surface area contributed by atoms with E-state index in [0.717, 1.165) is 17.7 Å². The Bertz CT molecular complexity index is 895. The van der Waals surface area contributed by atoms with Crippen LogP contribution in [0.4, 0.5) is 23.7 Å². The lowest BCUT2D eigenvalue weighted by atomic mass is 9.91. The van der Waals surface area contributed by atoms with Gasteiger partial charge in [0.05, 0.1) is 24.6 Å². The number of rotatable bonds is 3. The van der Waals surface area contributed by atoms with Gasteiger partial charge in [-0.25, -0.2) is 9.78 Å². The van der Waals surface area contributed by atoms with Gasteiger partial charge in [0.1, 0.15) is 0 Å². The second-order valence-electron chi connectivity index (χ2n) is 6.96. The quantitative estimate of drug-likeness (QED) is 0.776. The number of methoxy groups -OCH3 is 1. The van der Waals surface area contributed by atoms with Crippen molar-refractivity contribution in [1.29, 1.82) is 0 Å². The molecule has 0 aliphatic carbocycles. The van der Waals surface area contributed by atoms with E-state index in [1.165, 1.54) is 19.4 Å². The number of piperidine rings is 1. The summed E-state index contributed by atoms with van der Waals surface area (Å²) in [6.07, 6.45) is -0.449. The number of aromatic nitrogens is 1. The minimum absolute atomic E-state index is 0.0398. The van der Waals surface area contributed by atoms with E-state index >= 15 is 0 Å². The molecule has 1 aliphatic heterocycles. The number of carbonyl (C=O) groups is 1. The summed E-state index contributed by atoms with van der Waals surface area (Å²) in [5.74, 6) is 0.497. The van der Waals surface area contributed by atoms with E-state index in [1.54, 1.807) is 29.2 Å². The van der Waals surface area contributed by atoms with Gasteiger partial charge in [-0.15, -0.1) is 0 Å². The lowest BCUT2D eigenvalue weighted by molar-refractivity contribution is -0.137. The number of pyridine rings is 1. The van der Waals surface area contributed by atoms with Crippen LogP contribution in [0.1, 0.15) is 24.5 Å². The molecule has 1 N–H and O–H groups in total. The summed E-state index contributed by atoms with van der Waals surface area (Å²) in [7, 11) is 1.51. The molecule has 1 fully saturated rings. The summed E-state index contributed by atoms with van der Waals surface area (Å²) in [6, 6.07) is 8.40. The van der Waals surface area contributed by atoms with Gasteiger partial charge in [-0.1, -0.05) is 30.7 Å². The van der Waals surface area contributed by atoms with Crippen molar-refractivity contribution in [3.05, 3.63) is 59.3 Å². The lowest BCUT2D eigenvalue weighted by Crippen LogP contribution is -2.42. The number of halogens is 3. The Hall–Kier alpha value is -3.03. The average molecular weight is 405 g/mol. The highest BCUT2D eigenvalue weighted by Crippen LogP contribution is 2.31. The average Bonchev–Trinajstić information content (AvgIpc) is 2.69. The zero-order chi connectivity index (χ0) is 21.0. The zero-order valence-electron chi connectivity index (χ0n) is 16.2. The van der Waals surface area contributed by atoms with Crippen molar-refractivity contribution in [1.82, 2.24) is 9.88 Å². The van der Waals surface area contributed by atoms with E-state index in [2.05, 4.69) is 10.3 Å². The summed E-state index contributed by atoms with van der Waals surface area (Å²) in [5, 5.41) is 2.80. The summed E-state index contributed by atoms with van der Waals surface area (Å²) < 4.78 is 43.7. The van der Waals surface area contributed by atoms with Gasteiger partial charge in [0.25, 0.3) is 0 Å². The molecule has 2 amide bonds. The highest BCUT2D eigenvalue weighted by atomic mass is 19.4. The summed E-state index contributed by atoms with van der Waals surface area (Å²) in [6.45, 7) is 2.94. The molecule has 0 bridgehead atoms. The Morgan fingerprint density at radius 2 is 2.10 bits per heavy atom. The van der Waals surface area contributed by atoms with Crippen LogP contribution in [0.5, 0.6) is 5.88 Å². The van der Waals surface area contributed by atoms with Crippen molar-refractivity contribution in [2.24, 2.45) is 5.92 Å². The third kappa shape index (κ3) is 5.28. The Morgan fingerprint density at radius 1 is 1.31 bits per heavy atom. The van der Waals surface area contributed by atoms with E-state index in [1.807, 2.05) is 6.92 Å². The third-order valence-electron chi connectivity index (χ3n) is 4.85. The van der Waals surface area contributed by atoms with E-state index in [9.17, 15) is 18.0 Å². The first kappa shape index (κ1) is 20.7. The highest BCUT2D eigenvalue weighted by Gasteiger charge is 2.30. The Balaban J connectivity index is 1.64. The molecule has 0 radical (unpaired) electrons. The van der Waals surface area contributed by atoms with Crippen LogP contribution < -0.4 is 10.1 Å². The molecule has 1 unspecified atom stereocenters. The van der Waals surface area contributed by atoms with Gasteiger partial charge in [0.2, 0.25) is 5.88 Å². The van der Waals surface area contributed by atoms with Crippen LogP contribution in [0.25, 0.3) is 6.08 Å². The number of anilines is 1. The first-order valence-electron chi connectivity index (χ1n) is 9.20. The van der Waals surface area contributed by atoms with Crippen molar-refractivity contribution in [3.8, 4) is 5.88 Å². The van der Waals surface area contributed by atoms with Gasteiger partial charge in [-0.05, 0) is 36.1 Å². The van der Waals surface area contributed by atoms with E-state index < -0.39 is 11.7 Å². The lowest BCUT2D eigenvalue weighted by Gasteiger charge is -2.33. The maximum absolute atomic E-state index is 12.9. The van der Waals surface area contributed by atoms with Gasteiger partial charge in [0.15, 0.2) is 0 Å². The van der Waals surface area contributed by atoms with E-state index in [4.69, 9.17) is 4.74 Å². The third-order valence-corrected chi connectivity index (χ3v) is 4.85. The first-order valence-corrected chi connectivity index (χ1v) is 9.20. The molecule has 8 heteroatoms. The number of nitrogens with zero attached hydrogens (tertiary/aromatic N) is 2. The number of likely N-dealkylation sites (tertiary alicyclic amines) is 1. The highest BCUT2D eigenvalue weighted by molar-refractivity contribution is 5.89. The van der Waals surface area contributed by atoms with Crippen LogP contribution >= 0.6 is 0 Å². The molecule has 2 aromatic rings. The van der Waals surface area contributed by atoms with Crippen LogP contribution in [0.2, 0.25) is 0 Å². The number of benzene rings is 1. The molecule has 2 heterocycles. The number of hydrogen-bond acceptors (Lipinski definition) is 3. The maximum Gasteiger partial charge on any atom is 0.416 e. The SMILES string of the molecule is COc1ccc(NC(=O)N2CC/C(=C\c3cccc(C(F)(F)F)c3)C(C)C2)cn1. The molecule has 1 aliphatic rings. The van der Waals surface area contributed by atoms with Gasteiger partial charge >= 0.3 is 12.2 Å². The summed E-state index contributed by atoms with van der Waals surface area (Å²) >= 11 is 0. The number of carbonyl (C=O) groups excluding carboxylic acids is 1. The van der Waals surface area contributed by atoms with Crippen LogP contribution in [0.15, 0.2) is 48.2 Å². The molecule has 1 atom stereocenters. The molecule has 0 saturated carbocycles. The number of alkyl halides is 3. The number of nitrogens with one attached hydrogen (secondary N) is 1. The molecule has 1 saturated heterocycles. The Kier molecular flexibility index (Phi) is 6.10. The molecule has 1 aromatic heterocycles. The van der Waals surface area contributed by atoms with Crippen LogP contribution in [-0.2, 0) is 6.18 Å². The van der Waals surface area contributed by atoms with Crippen molar-refractivity contribution in [2.45, 2.75) is 19.5 Å². The van der Waals surface area contributed by atoms with E-state index in [0.29, 0.717) is 36.6 Å². The van der Waals surface area contributed by atoms with Gasteiger partial charge < -0.3 is 15.0 Å². The monoisotopic (exact) mass is 405 g/mol. The molecule has 5 nitrogen and oxygen atoms in total. The number of amides is 2. The predicted molar refractivity (Wildman–Crippen MR) is 105 cm³/mol. The number of urea groups is 1. The molecule has 29 heavy (non-hydrogen) atoms. The van der Waals surface area contributed by atoms with Crippen LogP contribution in [0, 0.1) is 5.92 Å². The summed E-state index contributed by atoms with van der Waals surface area (Å²) in [5.41, 5.74) is 1.45. The van der Waals surface area contributed by atoms with Crippen molar-refractivity contribution in [2.75, 3.05) is 25.5 Å². The minimum Gasteiger partial charge on any atom is -0.481 e. The number of ether oxygens (including phenoxy) is 1. The van der Waals surface area contributed by atoms with Crippen molar-refractivity contribution < 1.29 is 22.7 Å². The van der Waals surface area contributed by atoms with Crippen molar-refractivity contribution in [3.63, 3.8) is 0 Å². The molecule has 0 spiro atoms. The van der Waals surface area contributed by atoms with Crippen LogP contribution in [-0.4, -0.2) is 36.1 Å². The molecule has 154 valence electrons. The van der Waals surface area contributed by atoms with Crippen LogP contribution in [0.3, 0.4) is 0 Å². The molecule has 1 aromatic carbocycles. The van der Waals surface area contributed by atoms with E-state index in [-0.39, 0.29) is 11.9 Å². The Morgan fingerprint density at radius 3 is 2.72 bits per heavy atom. The number of hydrogen-bond donors (Lipinski definition) is 1. The minimum atomic E-state index is -4.36. The van der Waals surface area contributed by atoms with Gasteiger partial charge in [-0.3, -0.25) is 0 Å². The fourth-order valence-corrected chi connectivity index (χ4v) is 3.24. The van der Waals surface area contributed by atoms with Gasteiger partial charge in [-0.2, -0.15) is 13.2 Å². The molecular weight excluding hydrogens is 383 g/mol. The maximum atomic E-state index is 12.9. The summed E-state index contributed by atoms with van der Waals surface area (Å²) in [4.78, 5) is 18.2. The Labute approximate surface area is 167 Å². The largest absolute Gasteiger partial charge is 0.481 e. The fraction of sp³-hybridized carbons (Fsp3) is 0.333. The second-order valence-corrected chi connectivity index (χ2v) is 6.96. The molecular formula is C21H22F3N3O2. The van der Waals surface area contributed by atoms with Gasteiger partial charge in [0, 0.05) is 19.2 Å². The topological polar surface area (TPSA) is 54.5 Å². The predicted octanol–water partition coefficient (Wildman–Crippen LogP) is 5.07. The second kappa shape index (κ2) is 8.55. The molecule has 3 rings (SSSR count). The smallest absolute Gasteiger partial charge is 0.416 e. The normalized spacial score (nSPS) is 18.6. The van der Waals surface area contributed by atoms with Crippen molar-refractivity contribution >= 4 is 17.8 Å². The standard InChI is InChI=1S/C21H22F3N3O2/c1-14-13-27(20(28)26-18-6-7-19(29-2)25-12-18)9-8-16(14)10-15-4-3-5-17(11-15)21(22,23)24/h3-7,10-12,14H,8-9,13H2,1-2H3,(H,26,28)/b16-10+. The zero-order valence-corrected chi connectivity index (χ0v) is 16.2. The fourth-order valence-electron chi connectivity index (χ4n) is 3.24. The first-order chi connectivity index (χ1) is 13.8.